The second-order valence-electron chi connectivity index (χ2n) is 6.03. The highest BCUT2D eigenvalue weighted by Crippen LogP contribution is 2.28. The SMILES string of the molecule is CCOc1ccccc1N1CCN(C(=O)Cc2ccc(N)cn2)CC1.Cl.Cl. The Morgan fingerprint density at radius 2 is 1.81 bits per heavy atom. The molecule has 0 unspecified atom stereocenters. The van der Waals surface area contributed by atoms with E-state index in [9.17, 15) is 4.79 Å². The first-order chi connectivity index (χ1) is 12.2. The number of benzene rings is 1. The average Bonchev–Trinajstić information content (AvgIpc) is 2.64. The van der Waals surface area contributed by atoms with Gasteiger partial charge in [0.1, 0.15) is 5.75 Å². The molecule has 0 atom stereocenters. The van der Waals surface area contributed by atoms with Crippen LogP contribution in [0.1, 0.15) is 12.6 Å². The van der Waals surface area contributed by atoms with Gasteiger partial charge >= 0.3 is 0 Å². The van der Waals surface area contributed by atoms with Crippen LogP contribution in [0.4, 0.5) is 11.4 Å². The molecule has 0 saturated carbocycles. The number of amides is 1. The Labute approximate surface area is 172 Å². The Morgan fingerprint density at radius 1 is 1.11 bits per heavy atom. The molecule has 0 spiro atoms. The van der Waals surface area contributed by atoms with Crippen molar-refractivity contribution < 1.29 is 9.53 Å². The molecule has 0 bridgehead atoms. The van der Waals surface area contributed by atoms with Gasteiger partial charge in [0.05, 0.1) is 30.6 Å². The molecule has 6 nitrogen and oxygen atoms in total. The number of hydrogen-bond acceptors (Lipinski definition) is 5. The van der Waals surface area contributed by atoms with E-state index in [1.807, 2.05) is 36.1 Å². The summed E-state index contributed by atoms with van der Waals surface area (Å²) >= 11 is 0. The Hall–Kier alpha value is -2.18. The highest BCUT2D eigenvalue weighted by molar-refractivity contribution is 5.85. The minimum Gasteiger partial charge on any atom is -0.492 e. The molecule has 1 saturated heterocycles. The van der Waals surface area contributed by atoms with Gasteiger partial charge in [-0.1, -0.05) is 12.1 Å². The van der Waals surface area contributed by atoms with Gasteiger partial charge in [0.2, 0.25) is 5.91 Å². The van der Waals surface area contributed by atoms with Crippen LogP contribution in [0.15, 0.2) is 42.6 Å². The van der Waals surface area contributed by atoms with Gasteiger partial charge in [-0.15, -0.1) is 24.8 Å². The summed E-state index contributed by atoms with van der Waals surface area (Å²) in [5, 5.41) is 0. The number of para-hydroxylation sites is 2. The van der Waals surface area contributed by atoms with Gasteiger partial charge in [0.15, 0.2) is 0 Å². The topological polar surface area (TPSA) is 71.7 Å². The van der Waals surface area contributed by atoms with Crippen molar-refractivity contribution in [3.05, 3.63) is 48.3 Å². The van der Waals surface area contributed by atoms with E-state index < -0.39 is 0 Å². The van der Waals surface area contributed by atoms with Crippen LogP contribution in [-0.4, -0.2) is 48.6 Å². The molecule has 1 amide bonds. The number of rotatable bonds is 5. The third-order valence-electron chi connectivity index (χ3n) is 4.32. The number of pyridine rings is 1. The van der Waals surface area contributed by atoms with Gasteiger partial charge in [-0.05, 0) is 31.2 Å². The maximum absolute atomic E-state index is 12.5. The number of carbonyl (C=O) groups is 1. The lowest BCUT2D eigenvalue weighted by atomic mass is 10.2. The minimum absolute atomic E-state index is 0. The van der Waals surface area contributed by atoms with Gasteiger partial charge < -0.3 is 20.3 Å². The quantitative estimate of drug-likeness (QED) is 0.816. The van der Waals surface area contributed by atoms with Crippen molar-refractivity contribution in [2.24, 2.45) is 0 Å². The van der Waals surface area contributed by atoms with E-state index >= 15 is 0 Å². The lowest BCUT2D eigenvalue weighted by Crippen LogP contribution is -2.49. The molecule has 27 heavy (non-hydrogen) atoms. The maximum atomic E-state index is 12.5. The second-order valence-corrected chi connectivity index (χ2v) is 6.03. The van der Waals surface area contributed by atoms with Crippen molar-refractivity contribution >= 4 is 42.1 Å². The van der Waals surface area contributed by atoms with Gasteiger partial charge in [-0.25, -0.2) is 0 Å². The fraction of sp³-hybridized carbons (Fsp3) is 0.368. The summed E-state index contributed by atoms with van der Waals surface area (Å²) in [5.41, 5.74) is 8.09. The number of nitrogens with two attached hydrogens (primary N) is 1. The lowest BCUT2D eigenvalue weighted by Gasteiger charge is -2.36. The summed E-state index contributed by atoms with van der Waals surface area (Å²) in [6, 6.07) is 11.6. The molecule has 1 fully saturated rings. The largest absolute Gasteiger partial charge is 0.492 e. The van der Waals surface area contributed by atoms with Crippen LogP contribution >= 0.6 is 24.8 Å². The van der Waals surface area contributed by atoms with Gasteiger partial charge in [-0.3, -0.25) is 9.78 Å². The second kappa shape index (κ2) is 10.8. The van der Waals surface area contributed by atoms with E-state index in [0.29, 0.717) is 31.8 Å². The first-order valence-corrected chi connectivity index (χ1v) is 8.62. The molecule has 0 radical (unpaired) electrons. The molecule has 2 N–H and O–H groups in total. The van der Waals surface area contributed by atoms with E-state index in [1.54, 1.807) is 12.3 Å². The third kappa shape index (κ3) is 5.91. The Balaban J connectivity index is 0.00000182. The zero-order valence-electron chi connectivity index (χ0n) is 15.3. The van der Waals surface area contributed by atoms with Crippen LogP contribution in [0.2, 0.25) is 0 Å². The number of carbonyl (C=O) groups excluding carboxylic acids is 1. The van der Waals surface area contributed by atoms with E-state index in [4.69, 9.17) is 10.5 Å². The fourth-order valence-electron chi connectivity index (χ4n) is 3.00. The maximum Gasteiger partial charge on any atom is 0.228 e. The highest BCUT2D eigenvalue weighted by atomic mass is 35.5. The molecule has 148 valence electrons. The zero-order chi connectivity index (χ0) is 17.6. The van der Waals surface area contributed by atoms with Crippen molar-refractivity contribution in [3.63, 3.8) is 0 Å². The number of anilines is 2. The molecule has 1 aromatic heterocycles. The number of ether oxygens (including phenoxy) is 1. The summed E-state index contributed by atoms with van der Waals surface area (Å²) in [7, 11) is 0. The molecule has 0 aliphatic carbocycles. The number of nitrogen functional groups attached to an aromatic ring is 1. The Bertz CT molecular complexity index is 720. The molecule has 1 aliphatic rings. The zero-order valence-corrected chi connectivity index (χ0v) is 17.0. The summed E-state index contributed by atoms with van der Waals surface area (Å²) in [6.07, 6.45) is 1.90. The molecule has 2 heterocycles. The van der Waals surface area contributed by atoms with E-state index in [-0.39, 0.29) is 30.7 Å². The van der Waals surface area contributed by atoms with Crippen LogP contribution in [0.5, 0.6) is 5.75 Å². The fourth-order valence-corrected chi connectivity index (χ4v) is 3.00. The van der Waals surface area contributed by atoms with Crippen LogP contribution in [0.25, 0.3) is 0 Å². The number of nitrogens with zero attached hydrogens (tertiary/aromatic N) is 3. The average molecular weight is 413 g/mol. The minimum atomic E-state index is 0. The van der Waals surface area contributed by atoms with Crippen LogP contribution in [-0.2, 0) is 11.2 Å². The van der Waals surface area contributed by atoms with Crippen molar-refractivity contribution in [2.75, 3.05) is 43.4 Å². The molecule has 8 heteroatoms. The Kier molecular flexibility index (Phi) is 9.18. The van der Waals surface area contributed by atoms with Crippen molar-refractivity contribution in [2.45, 2.75) is 13.3 Å². The van der Waals surface area contributed by atoms with E-state index in [2.05, 4.69) is 16.0 Å². The first kappa shape index (κ1) is 22.9. The first-order valence-electron chi connectivity index (χ1n) is 8.62. The lowest BCUT2D eigenvalue weighted by molar-refractivity contribution is -0.130. The predicted octanol–water partition coefficient (Wildman–Crippen LogP) is 2.80. The highest BCUT2D eigenvalue weighted by Gasteiger charge is 2.23. The number of halogens is 2. The van der Waals surface area contributed by atoms with Crippen molar-refractivity contribution in [3.8, 4) is 5.75 Å². The molecule has 2 aromatic rings. The summed E-state index contributed by atoms with van der Waals surface area (Å²) in [5.74, 6) is 1.01. The normalized spacial score (nSPS) is 13.4. The molecular formula is C19H26Cl2N4O2. The number of hydrogen-bond donors (Lipinski definition) is 1. The summed E-state index contributed by atoms with van der Waals surface area (Å²) in [6.45, 7) is 5.63. The Morgan fingerprint density at radius 3 is 2.44 bits per heavy atom. The van der Waals surface area contributed by atoms with Crippen molar-refractivity contribution in [1.82, 2.24) is 9.88 Å². The van der Waals surface area contributed by atoms with Crippen LogP contribution in [0.3, 0.4) is 0 Å². The summed E-state index contributed by atoms with van der Waals surface area (Å²) in [4.78, 5) is 20.9. The van der Waals surface area contributed by atoms with Gasteiger partial charge in [-0.2, -0.15) is 0 Å². The molecular weight excluding hydrogens is 387 g/mol. The van der Waals surface area contributed by atoms with E-state index in [0.717, 1.165) is 30.2 Å². The van der Waals surface area contributed by atoms with Crippen LogP contribution in [0, 0.1) is 0 Å². The molecule has 1 aliphatic heterocycles. The van der Waals surface area contributed by atoms with Crippen molar-refractivity contribution in [1.29, 1.82) is 0 Å². The molecule has 3 rings (SSSR count). The van der Waals surface area contributed by atoms with Crippen LogP contribution < -0.4 is 15.4 Å². The standard InChI is InChI=1S/C19H24N4O2.2ClH/c1-2-25-18-6-4-3-5-17(18)22-9-11-23(12-10-22)19(24)13-16-8-7-15(20)14-21-16;;/h3-8,14H,2,9-13,20H2,1H3;2*1H. The predicted molar refractivity (Wildman–Crippen MR) is 113 cm³/mol. The van der Waals surface area contributed by atoms with Gasteiger partial charge in [0, 0.05) is 31.9 Å². The third-order valence-corrected chi connectivity index (χ3v) is 4.32. The summed E-state index contributed by atoms with van der Waals surface area (Å²) < 4.78 is 5.71. The monoisotopic (exact) mass is 412 g/mol. The smallest absolute Gasteiger partial charge is 0.228 e. The number of aromatic nitrogens is 1. The van der Waals surface area contributed by atoms with Gasteiger partial charge in [0.25, 0.3) is 0 Å². The number of piperazine rings is 1. The van der Waals surface area contributed by atoms with E-state index in [1.165, 1.54) is 0 Å². The molecule has 1 aromatic carbocycles.